The number of halogens is 1. The first-order valence-electron chi connectivity index (χ1n) is 5.19. The van der Waals surface area contributed by atoms with Crippen LogP contribution in [-0.2, 0) is 10.0 Å². The standard InChI is InChI=1S/C10H13FN2O3S/c1-17(14,15)13-6-5-8(7-13)16-10-4-2-3-9(11)12-10/h2-4,8H,5-7H2,1H3. The van der Waals surface area contributed by atoms with Crippen molar-refractivity contribution in [2.24, 2.45) is 0 Å². The summed E-state index contributed by atoms with van der Waals surface area (Å²) in [5.41, 5.74) is 0. The lowest BCUT2D eigenvalue weighted by molar-refractivity contribution is 0.204. The van der Waals surface area contributed by atoms with E-state index in [4.69, 9.17) is 4.74 Å². The van der Waals surface area contributed by atoms with Gasteiger partial charge < -0.3 is 4.74 Å². The second-order valence-corrected chi connectivity index (χ2v) is 5.93. The first-order chi connectivity index (χ1) is 7.95. The molecule has 0 aromatic carbocycles. The first-order valence-corrected chi connectivity index (χ1v) is 7.04. The van der Waals surface area contributed by atoms with Gasteiger partial charge in [0.2, 0.25) is 21.9 Å². The Hall–Kier alpha value is -1.21. The smallest absolute Gasteiger partial charge is 0.216 e. The van der Waals surface area contributed by atoms with E-state index in [1.807, 2.05) is 0 Å². The number of ether oxygens (including phenoxy) is 1. The van der Waals surface area contributed by atoms with Crippen molar-refractivity contribution in [3.63, 3.8) is 0 Å². The van der Waals surface area contributed by atoms with Gasteiger partial charge in [0.25, 0.3) is 0 Å². The fourth-order valence-electron chi connectivity index (χ4n) is 1.72. The van der Waals surface area contributed by atoms with E-state index < -0.39 is 16.0 Å². The zero-order chi connectivity index (χ0) is 12.5. The second kappa shape index (κ2) is 4.58. The summed E-state index contributed by atoms with van der Waals surface area (Å²) in [5, 5.41) is 0. The fraction of sp³-hybridized carbons (Fsp3) is 0.500. The van der Waals surface area contributed by atoms with Crippen molar-refractivity contribution in [2.75, 3.05) is 19.3 Å². The molecule has 94 valence electrons. The van der Waals surface area contributed by atoms with Crippen molar-refractivity contribution < 1.29 is 17.5 Å². The van der Waals surface area contributed by atoms with Crippen molar-refractivity contribution in [1.29, 1.82) is 0 Å². The number of hydrogen-bond donors (Lipinski definition) is 0. The Kier molecular flexibility index (Phi) is 3.30. The van der Waals surface area contributed by atoms with Gasteiger partial charge in [-0.3, -0.25) is 0 Å². The van der Waals surface area contributed by atoms with Gasteiger partial charge in [0.1, 0.15) is 6.10 Å². The zero-order valence-corrected chi connectivity index (χ0v) is 10.2. The third kappa shape index (κ3) is 3.13. The summed E-state index contributed by atoms with van der Waals surface area (Å²) in [6, 6.07) is 4.28. The van der Waals surface area contributed by atoms with Crippen LogP contribution in [-0.4, -0.2) is 43.2 Å². The molecule has 0 saturated carbocycles. The minimum Gasteiger partial charge on any atom is -0.473 e. The summed E-state index contributed by atoms with van der Waals surface area (Å²) in [6.45, 7) is 0.718. The molecule has 0 amide bonds. The zero-order valence-electron chi connectivity index (χ0n) is 9.34. The molecule has 1 fully saturated rings. The van der Waals surface area contributed by atoms with Crippen LogP contribution in [0.5, 0.6) is 5.88 Å². The number of rotatable bonds is 3. The Morgan fingerprint density at radius 1 is 1.53 bits per heavy atom. The molecule has 17 heavy (non-hydrogen) atoms. The Morgan fingerprint density at radius 2 is 2.29 bits per heavy atom. The highest BCUT2D eigenvalue weighted by atomic mass is 32.2. The van der Waals surface area contributed by atoms with Crippen molar-refractivity contribution >= 4 is 10.0 Å². The van der Waals surface area contributed by atoms with Gasteiger partial charge in [-0.1, -0.05) is 6.07 Å². The summed E-state index contributed by atoms with van der Waals surface area (Å²) < 4.78 is 42.1. The highest BCUT2D eigenvalue weighted by Gasteiger charge is 2.30. The molecule has 1 saturated heterocycles. The van der Waals surface area contributed by atoms with Crippen LogP contribution < -0.4 is 4.74 Å². The van der Waals surface area contributed by atoms with Gasteiger partial charge in [0.15, 0.2) is 0 Å². The minimum absolute atomic E-state index is 0.186. The summed E-state index contributed by atoms with van der Waals surface area (Å²) in [5.74, 6) is -0.425. The molecule has 2 rings (SSSR count). The van der Waals surface area contributed by atoms with Crippen LogP contribution in [0.15, 0.2) is 18.2 Å². The van der Waals surface area contributed by atoms with Crippen molar-refractivity contribution in [1.82, 2.24) is 9.29 Å². The molecule has 5 nitrogen and oxygen atoms in total. The van der Waals surface area contributed by atoms with Gasteiger partial charge in [-0.2, -0.15) is 13.7 Å². The lowest BCUT2D eigenvalue weighted by Gasteiger charge is -2.14. The Morgan fingerprint density at radius 3 is 2.88 bits per heavy atom. The molecule has 1 aliphatic rings. The van der Waals surface area contributed by atoms with Crippen molar-refractivity contribution in [3.8, 4) is 5.88 Å². The van der Waals surface area contributed by atoms with Gasteiger partial charge in [-0.25, -0.2) is 8.42 Å². The number of sulfonamides is 1. The predicted molar refractivity (Wildman–Crippen MR) is 59.6 cm³/mol. The van der Waals surface area contributed by atoms with Gasteiger partial charge in [-0.05, 0) is 12.5 Å². The van der Waals surface area contributed by atoms with E-state index in [-0.39, 0.29) is 18.5 Å². The molecule has 1 atom stereocenters. The number of aromatic nitrogens is 1. The van der Waals surface area contributed by atoms with E-state index in [0.29, 0.717) is 13.0 Å². The number of hydrogen-bond acceptors (Lipinski definition) is 4. The SMILES string of the molecule is CS(=O)(=O)N1CCC(Oc2cccc(F)n2)C1. The monoisotopic (exact) mass is 260 g/mol. The summed E-state index contributed by atoms with van der Waals surface area (Å²) in [4.78, 5) is 3.57. The molecule has 0 radical (unpaired) electrons. The Labute approximate surface area is 99.3 Å². The Bertz CT molecular complexity index is 506. The number of nitrogens with zero attached hydrogens (tertiary/aromatic N) is 2. The number of pyridine rings is 1. The molecule has 1 aromatic rings. The molecule has 0 bridgehead atoms. The third-order valence-electron chi connectivity index (χ3n) is 2.55. The van der Waals surface area contributed by atoms with E-state index in [9.17, 15) is 12.8 Å². The summed E-state index contributed by atoms with van der Waals surface area (Å²) in [6.07, 6.45) is 1.49. The normalized spacial score (nSPS) is 21.6. The highest BCUT2D eigenvalue weighted by Crippen LogP contribution is 2.18. The van der Waals surface area contributed by atoms with Gasteiger partial charge >= 0.3 is 0 Å². The van der Waals surface area contributed by atoms with Crippen molar-refractivity contribution in [2.45, 2.75) is 12.5 Å². The molecular formula is C10H13FN2O3S. The van der Waals surface area contributed by atoms with Gasteiger partial charge in [-0.15, -0.1) is 0 Å². The summed E-state index contributed by atoms with van der Waals surface area (Å²) in [7, 11) is -3.18. The van der Waals surface area contributed by atoms with E-state index >= 15 is 0 Å². The molecule has 0 aliphatic carbocycles. The second-order valence-electron chi connectivity index (χ2n) is 3.95. The molecule has 2 heterocycles. The third-order valence-corrected chi connectivity index (χ3v) is 3.82. The predicted octanol–water partition coefficient (Wildman–Crippen LogP) is 0.633. The van der Waals surface area contributed by atoms with E-state index in [0.717, 1.165) is 6.26 Å². The van der Waals surface area contributed by atoms with Crippen LogP contribution in [0.25, 0.3) is 0 Å². The Balaban J connectivity index is 1.99. The maximum atomic E-state index is 12.8. The molecule has 1 aliphatic heterocycles. The van der Waals surface area contributed by atoms with Gasteiger partial charge in [0, 0.05) is 12.6 Å². The maximum Gasteiger partial charge on any atom is 0.216 e. The van der Waals surface area contributed by atoms with E-state index in [1.54, 1.807) is 6.07 Å². The van der Waals surface area contributed by atoms with Crippen LogP contribution in [0.3, 0.4) is 0 Å². The molecule has 7 heteroatoms. The van der Waals surface area contributed by atoms with E-state index in [2.05, 4.69) is 4.98 Å². The molecular weight excluding hydrogens is 247 g/mol. The van der Waals surface area contributed by atoms with Crippen molar-refractivity contribution in [3.05, 3.63) is 24.1 Å². The lowest BCUT2D eigenvalue weighted by atomic mass is 10.3. The van der Waals surface area contributed by atoms with Crippen LogP contribution in [0.2, 0.25) is 0 Å². The quantitative estimate of drug-likeness (QED) is 0.748. The maximum absolute atomic E-state index is 12.8. The molecule has 0 spiro atoms. The average molecular weight is 260 g/mol. The minimum atomic E-state index is -3.18. The average Bonchev–Trinajstić information content (AvgIpc) is 2.65. The first kappa shape index (κ1) is 12.3. The van der Waals surface area contributed by atoms with Crippen LogP contribution in [0.4, 0.5) is 4.39 Å². The van der Waals surface area contributed by atoms with Gasteiger partial charge in [0.05, 0.1) is 12.8 Å². The van der Waals surface area contributed by atoms with Crippen LogP contribution in [0, 0.1) is 5.95 Å². The van der Waals surface area contributed by atoms with Crippen LogP contribution in [0.1, 0.15) is 6.42 Å². The fourth-order valence-corrected chi connectivity index (χ4v) is 2.60. The highest BCUT2D eigenvalue weighted by molar-refractivity contribution is 7.88. The van der Waals surface area contributed by atoms with E-state index in [1.165, 1.54) is 16.4 Å². The lowest BCUT2D eigenvalue weighted by Crippen LogP contribution is -2.30. The summed E-state index contributed by atoms with van der Waals surface area (Å²) >= 11 is 0. The largest absolute Gasteiger partial charge is 0.473 e. The molecule has 1 unspecified atom stereocenters. The molecule has 1 aromatic heterocycles. The molecule has 0 N–H and O–H groups in total. The van der Waals surface area contributed by atoms with Crippen LogP contribution >= 0.6 is 0 Å². The topological polar surface area (TPSA) is 59.5 Å².